The number of hydrogen-bond acceptors (Lipinski definition) is 1. The topological polar surface area (TPSA) is 12.9 Å². The standard InChI is InChI=1S/C18H21N/c1-4-15-10-12-18(19-13-15)17-8-6-5-7-16(17)11-9-14(2)3/h5-14H,4H2,1-3H3/b11-9+. The molecule has 0 aliphatic heterocycles. The monoisotopic (exact) mass is 251 g/mol. The number of pyridine rings is 1. The number of nitrogens with zero attached hydrogens (tertiary/aromatic N) is 1. The summed E-state index contributed by atoms with van der Waals surface area (Å²) in [7, 11) is 0. The van der Waals surface area contributed by atoms with Crippen LogP contribution < -0.4 is 0 Å². The zero-order chi connectivity index (χ0) is 13.7. The largest absolute Gasteiger partial charge is 0.256 e. The molecule has 0 radical (unpaired) electrons. The third-order valence-corrected chi connectivity index (χ3v) is 3.13. The second-order valence-corrected chi connectivity index (χ2v) is 5.10. The first-order valence-corrected chi connectivity index (χ1v) is 6.93. The minimum absolute atomic E-state index is 0.559. The Balaban J connectivity index is 2.38. The van der Waals surface area contributed by atoms with Gasteiger partial charge in [0.15, 0.2) is 0 Å². The van der Waals surface area contributed by atoms with Crippen molar-refractivity contribution in [1.29, 1.82) is 0 Å². The van der Waals surface area contributed by atoms with Crippen molar-refractivity contribution in [3.63, 3.8) is 0 Å². The van der Waals surface area contributed by atoms with Crippen LogP contribution in [0.3, 0.4) is 0 Å². The van der Waals surface area contributed by atoms with Crippen molar-refractivity contribution in [1.82, 2.24) is 4.98 Å². The number of allylic oxidation sites excluding steroid dienone is 1. The van der Waals surface area contributed by atoms with Crippen LogP contribution in [0, 0.1) is 5.92 Å². The molecular formula is C18H21N. The molecule has 1 aromatic heterocycles. The molecule has 98 valence electrons. The molecule has 0 saturated heterocycles. The molecule has 0 amide bonds. The zero-order valence-electron chi connectivity index (χ0n) is 11.9. The molecule has 0 bridgehead atoms. The third-order valence-electron chi connectivity index (χ3n) is 3.13. The van der Waals surface area contributed by atoms with Crippen LogP contribution in [0.15, 0.2) is 48.7 Å². The maximum absolute atomic E-state index is 4.57. The Labute approximate surface area is 116 Å². The Morgan fingerprint density at radius 2 is 1.89 bits per heavy atom. The molecule has 0 aliphatic carbocycles. The highest BCUT2D eigenvalue weighted by Gasteiger charge is 2.03. The fourth-order valence-corrected chi connectivity index (χ4v) is 1.96. The van der Waals surface area contributed by atoms with E-state index in [1.165, 1.54) is 16.7 Å². The molecule has 0 atom stereocenters. The lowest BCUT2D eigenvalue weighted by Crippen LogP contribution is -1.89. The molecule has 19 heavy (non-hydrogen) atoms. The van der Waals surface area contributed by atoms with E-state index in [4.69, 9.17) is 0 Å². The van der Waals surface area contributed by atoms with Gasteiger partial charge in [0.05, 0.1) is 5.69 Å². The highest BCUT2D eigenvalue weighted by molar-refractivity contribution is 5.72. The van der Waals surface area contributed by atoms with E-state index in [2.05, 4.69) is 74.3 Å². The summed E-state index contributed by atoms with van der Waals surface area (Å²) < 4.78 is 0. The normalized spacial score (nSPS) is 11.4. The predicted molar refractivity (Wildman–Crippen MR) is 82.9 cm³/mol. The van der Waals surface area contributed by atoms with E-state index >= 15 is 0 Å². The van der Waals surface area contributed by atoms with Gasteiger partial charge in [0.2, 0.25) is 0 Å². The first-order chi connectivity index (χ1) is 9.20. The Morgan fingerprint density at radius 1 is 1.11 bits per heavy atom. The lowest BCUT2D eigenvalue weighted by Gasteiger charge is -2.06. The van der Waals surface area contributed by atoms with Crippen molar-refractivity contribution in [2.75, 3.05) is 0 Å². The van der Waals surface area contributed by atoms with Crippen molar-refractivity contribution < 1.29 is 0 Å². The van der Waals surface area contributed by atoms with Crippen LogP contribution in [0.1, 0.15) is 31.9 Å². The van der Waals surface area contributed by atoms with Crippen molar-refractivity contribution in [3.8, 4) is 11.3 Å². The zero-order valence-corrected chi connectivity index (χ0v) is 11.9. The van der Waals surface area contributed by atoms with E-state index in [1.54, 1.807) is 0 Å². The van der Waals surface area contributed by atoms with Gasteiger partial charge < -0.3 is 0 Å². The second kappa shape index (κ2) is 6.33. The van der Waals surface area contributed by atoms with Crippen LogP contribution in [0.4, 0.5) is 0 Å². The molecule has 1 nitrogen and oxygen atoms in total. The van der Waals surface area contributed by atoms with Crippen LogP contribution in [0.2, 0.25) is 0 Å². The Morgan fingerprint density at radius 3 is 2.53 bits per heavy atom. The first-order valence-electron chi connectivity index (χ1n) is 6.93. The Hall–Kier alpha value is -1.89. The maximum atomic E-state index is 4.57. The number of aromatic nitrogens is 1. The SMILES string of the molecule is CCc1ccc(-c2ccccc2/C=C/C(C)C)nc1. The van der Waals surface area contributed by atoms with Gasteiger partial charge >= 0.3 is 0 Å². The fourth-order valence-electron chi connectivity index (χ4n) is 1.96. The molecule has 1 heterocycles. The molecule has 1 heteroatoms. The highest BCUT2D eigenvalue weighted by atomic mass is 14.7. The summed E-state index contributed by atoms with van der Waals surface area (Å²) in [5, 5.41) is 0. The van der Waals surface area contributed by atoms with Gasteiger partial charge in [-0.1, -0.05) is 63.3 Å². The fraction of sp³-hybridized carbons (Fsp3) is 0.278. The lowest BCUT2D eigenvalue weighted by molar-refractivity contribution is 0.836. The average Bonchev–Trinajstić information content (AvgIpc) is 2.45. The summed E-state index contributed by atoms with van der Waals surface area (Å²) in [5.41, 5.74) is 4.75. The molecule has 0 fully saturated rings. The van der Waals surface area contributed by atoms with Crippen LogP contribution >= 0.6 is 0 Å². The van der Waals surface area contributed by atoms with Gasteiger partial charge in [-0.2, -0.15) is 0 Å². The molecule has 2 aromatic rings. The van der Waals surface area contributed by atoms with Gasteiger partial charge in [0.25, 0.3) is 0 Å². The smallest absolute Gasteiger partial charge is 0.0708 e. The highest BCUT2D eigenvalue weighted by Crippen LogP contribution is 2.23. The molecule has 0 aliphatic rings. The van der Waals surface area contributed by atoms with Gasteiger partial charge in [-0.25, -0.2) is 0 Å². The molecule has 2 rings (SSSR count). The third kappa shape index (κ3) is 3.54. The Kier molecular flexibility index (Phi) is 4.51. The van der Waals surface area contributed by atoms with E-state index in [9.17, 15) is 0 Å². The predicted octanol–water partition coefficient (Wildman–Crippen LogP) is 4.98. The molecule has 0 N–H and O–H groups in total. The van der Waals surface area contributed by atoms with Crippen LogP contribution in [0.25, 0.3) is 17.3 Å². The molecular weight excluding hydrogens is 230 g/mol. The summed E-state index contributed by atoms with van der Waals surface area (Å²) in [6, 6.07) is 12.7. The van der Waals surface area contributed by atoms with Crippen molar-refractivity contribution >= 4 is 6.08 Å². The van der Waals surface area contributed by atoms with Crippen molar-refractivity contribution in [3.05, 3.63) is 59.8 Å². The first kappa shape index (κ1) is 13.5. The second-order valence-electron chi connectivity index (χ2n) is 5.10. The number of rotatable bonds is 4. The van der Waals surface area contributed by atoms with Crippen molar-refractivity contribution in [2.45, 2.75) is 27.2 Å². The minimum Gasteiger partial charge on any atom is -0.256 e. The number of aryl methyl sites for hydroxylation is 1. The molecule has 1 aromatic carbocycles. The maximum Gasteiger partial charge on any atom is 0.0708 e. The van der Waals surface area contributed by atoms with E-state index in [1.807, 2.05) is 6.20 Å². The Bertz CT molecular complexity index is 550. The summed E-state index contributed by atoms with van der Waals surface area (Å²) in [6.45, 7) is 6.52. The van der Waals surface area contributed by atoms with E-state index < -0.39 is 0 Å². The van der Waals surface area contributed by atoms with Gasteiger partial charge in [0, 0.05) is 11.8 Å². The number of benzene rings is 1. The summed E-state index contributed by atoms with van der Waals surface area (Å²) >= 11 is 0. The lowest BCUT2D eigenvalue weighted by atomic mass is 10.0. The van der Waals surface area contributed by atoms with E-state index in [-0.39, 0.29) is 0 Å². The molecule has 0 spiro atoms. The van der Waals surface area contributed by atoms with Gasteiger partial charge in [-0.05, 0) is 29.5 Å². The molecule has 0 saturated carbocycles. The van der Waals surface area contributed by atoms with Gasteiger partial charge in [-0.15, -0.1) is 0 Å². The van der Waals surface area contributed by atoms with Gasteiger partial charge in [0.1, 0.15) is 0 Å². The van der Waals surface area contributed by atoms with Crippen LogP contribution in [-0.2, 0) is 6.42 Å². The van der Waals surface area contributed by atoms with Gasteiger partial charge in [-0.3, -0.25) is 4.98 Å². The van der Waals surface area contributed by atoms with Crippen molar-refractivity contribution in [2.24, 2.45) is 5.92 Å². The summed E-state index contributed by atoms with van der Waals surface area (Å²) in [5.74, 6) is 0.559. The minimum atomic E-state index is 0.559. The quantitative estimate of drug-likeness (QED) is 0.746. The molecule has 0 unspecified atom stereocenters. The summed E-state index contributed by atoms with van der Waals surface area (Å²) in [4.78, 5) is 4.57. The van der Waals surface area contributed by atoms with E-state index in [0.29, 0.717) is 5.92 Å². The number of hydrogen-bond donors (Lipinski definition) is 0. The van der Waals surface area contributed by atoms with E-state index in [0.717, 1.165) is 12.1 Å². The van der Waals surface area contributed by atoms with Crippen LogP contribution in [-0.4, -0.2) is 4.98 Å². The van der Waals surface area contributed by atoms with Crippen LogP contribution in [0.5, 0.6) is 0 Å². The summed E-state index contributed by atoms with van der Waals surface area (Å²) in [6.07, 6.45) is 7.41. The average molecular weight is 251 g/mol.